The van der Waals surface area contributed by atoms with E-state index in [0.717, 1.165) is 6.92 Å². The first-order valence-corrected chi connectivity index (χ1v) is 4.52. The van der Waals surface area contributed by atoms with Gasteiger partial charge in [-0.25, -0.2) is 0 Å². The molecule has 0 fully saturated rings. The van der Waals surface area contributed by atoms with Gasteiger partial charge in [-0.15, -0.1) is 9.79 Å². The maximum absolute atomic E-state index is 9.91. The molecule has 0 saturated heterocycles. The summed E-state index contributed by atoms with van der Waals surface area (Å²) in [7, 11) is -6.17. The van der Waals surface area contributed by atoms with Crippen molar-refractivity contribution in [3.8, 4) is 0 Å². The number of hydrogen-bond donors (Lipinski definition) is 3. The molecule has 0 bridgehead atoms. The van der Waals surface area contributed by atoms with E-state index in [1.807, 2.05) is 0 Å². The Balaban J connectivity index is -0.000000167. The minimum Gasteiger partial charge on any atom is -0.337 e. The van der Waals surface area contributed by atoms with Gasteiger partial charge in [0.1, 0.15) is 0 Å². The van der Waals surface area contributed by atoms with Crippen LogP contribution in [0.4, 0.5) is 0 Å². The zero-order valence-corrected chi connectivity index (χ0v) is 16.2. The average Bonchev–Trinajstić information content (AvgIpc) is 1.53. The Morgan fingerprint density at radius 2 is 1.21 bits per heavy atom. The number of rotatable bonds is 4. The third-order valence-electron chi connectivity index (χ3n) is 0.495. The van der Waals surface area contributed by atoms with Crippen LogP contribution >= 0.6 is 16.5 Å². The van der Waals surface area contributed by atoms with E-state index in [9.17, 15) is 9.13 Å². The second-order valence-corrected chi connectivity index (χ2v) is 2.87. The first-order valence-electron chi connectivity index (χ1n) is 2.26. The van der Waals surface area contributed by atoms with Crippen molar-refractivity contribution in [3.63, 3.8) is 0 Å². The van der Waals surface area contributed by atoms with Gasteiger partial charge in [-0.3, -0.25) is 0 Å². The van der Waals surface area contributed by atoms with Gasteiger partial charge in [0.25, 0.3) is 0 Å². The predicted molar refractivity (Wildman–Crippen MR) is 32.4 cm³/mol. The average molecular weight is 273 g/mol. The molecule has 14 heavy (non-hydrogen) atoms. The molecular weight excluding hydrogens is 267 g/mol. The first kappa shape index (κ1) is 25.8. The fourth-order valence-corrected chi connectivity index (χ4v) is 1.02. The maximum Gasteiger partial charge on any atom is 1.00 e. The Bertz CT molecular complexity index is 168. The zero-order valence-electron chi connectivity index (χ0n) is 8.37. The van der Waals surface area contributed by atoms with Crippen LogP contribution in [0.3, 0.4) is 0 Å². The smallest absolute Gasteiger partial charge is 0.337 e. The van der Waals surface area contributed by atoms with E-state index < -0.39 is 22.5 Å². The van der Waals surface area contributed by atoms with Gasteiger partial charge in [-0.2, -0.15) is 0 Å². The molecular formula is C2H6Na3O7P2+5. The first-order chi connectivity index (χ1) is 4.83. The van der Waals surface area contributed by atoms with Crippen LogP contribution in [0.25, 0.3) is 0 Å². The van der Waals surface area contributed by atoms with Gasteiger partial charge in [0, 0.05) is 16.1 Å². The molecule has 7 nitrogen and oxygen atoms in total. The summed E-state index contributed by atoms with van der Waals surface area (Å²) in [6.07, 6.45) is 0. The van der Waals surface area contributed by atoms with Gasteiger partial charge in [0.15, 0.2) is 0 Å². The molecule has 0 aromatic rings. The van der Waals surface area contributed by atoms with E-state index in [4.69, 9.17) is 14.9 Å². The molecule has 12 heteroatoms. The van der Waals surface area contributed by atoms with Crippen molar-refractivity contribution >= 4 is 16.5 Å². The van der Waals surface area contributed by atoms with Crippen molar-refractivity contribution in [2.45, 2.75) is 12.9 Å². The third kappa shape index (κ3) is 17.4. The van der Waals surface area contributed by atoms with Crippen LogP contribution in [0.1, 0.15) is 6.92 Å². The summed E-state index contributed by atoms with van der Waals surface area (Å²) in [6, 6.07) is 0. The molecule has 0 rings (SSSR count). The fourth-order valence-electron chi connectivity index (χ4n) is 0.306. The van der Waals surface area contributed by atoms with E-state index in [1.165, 1.54) is 0 Å². The predicted octanol–water partition coefficient (Wildman–Crippen LogP) is -9.00. The van der Waals surface area contributed by atoms with Crippen LogP contribution in [0.5, 0.6) is 0 Å². The Kier molecular flexibility index (Phi) is 22.9. The van der Waals surface area contributed by atoms with Crippen molar-refractivity contribution in [2.75, 3.05) is 0 Å². The molecule has 0 aliphatic heterocycles. The summed E-state index contributed by atoms with van der Waals surface area (Å²) < 4.78 is 27.4. The molecule has 3 N–H and O–H groups in total. The topological polar surface area (TPSA) is 113 Å². The van der Waals surface area contributed by atoms with Gasteiger partial charge in [0.2, 0.25) is 0 Å². The molecule has 2 atom stereocenters. The van der Waals surface area contributed by atoms with E-state index >= 15 is 0 Å². The van der Waals surface area contributed by atoms with Gasteiger partial charge >= 0.3 is 111 Å². The van der Waals surface area contributed by atoms with Crippen LogP contribution < -0.4 is 88.7 Å². The largest absolute Gasteiger partial charge is 1.00 e. The van der Waals surface area contributed by atoms with Gasteiger partial charge < -0.3 is 5.11 Å². The normalized spacial score (nSPS) is 14.9. The molecule has 0 heterocycles. The van der Waals surface area contributed by atoms with Crippen molar-refractivity contribution in [3.05, 3.63) is 0 Å². The van der Waals surface area contributed by atoms with Crippen LogP contribution in [0.15, 0.2) is 0 Å². The molecule has 0 saturated carbocycles. The van der Waals surface area contributed by atoms with Crippen molar-refractivity contribution in [2.24, 2.45) is 0 Å². The van der Waals surface area contributed by atoms with Crippen LogP contribution in [-0.4, -0.2) is 20.9 Å². The van der Waals surface area contributed by atoms with Gasteiger partial charge in [0.05, 0.1) is 0 Å². The molecule has 0 aliphatic rings. The van der Waals surface area contributed by atoms with Gasteiger partial charge in [-0.05, 0) is 9.05 Å². The van der Waals surface area contributed by atoms with E-state index in [1.54, 1.807) is 0 Å². The van der Waals surface area contributed by atoms with Crippen LogP contribution in [-0.2, 0) is 18.2 Å². The molecule has 0 aromatic carbocycles. The molecule has 0 spiro atoms. The zero-order chi connectivity index (χ0) is 9.07. The molecule has 0 aliphatic carbocycles. The summed E-state index contributed by atoms with van der Waals surface area (Å²) in [4.78, 5) is 16.1. The SMILES string of the molecule is CC(O)(O[P+](=O)O)O[P+](=O)O.[Na+].[Na+].[Na+]. The van der Waals surface area contributed by atoms with Crippen LogP contribution in [0.2, 0.25) is 0 Å². The summed E-state index contributed by atoms with van der Waals surface area (Å²) in [5.74, 6) is -2.52. The number of hydrogen-bond acceptors (Lipinski definition) is 5. The molecule has 0 aromatic heterocycles. The second kappa shape index (κ2) is 12.5. The van der Waals surface area contributed by atoms with E-state index in [2.05, 4.69) is 9.05 Å². The Hall–Kier alpha value is 3.00. The summed E-state index contributed by atoms with van der Waals surface area (Å²) in [5, 5.41) is 8.72. The van der Waals surface area contributed by atoms with E-state index in [0.29, 0.717) is 0 Å². The van der Waals surface area contributed by atoms with Crippen molar-refractivity contribution in [1.82, 2.24) is 0 Å². The van der Waals surface area contributed by atoms with Crippen molar-refractivity contribution in [1.29, 1.82) is 0 Å². The quantitative estimate of drug-likeness (QED) is 0.265. The molecule has 0 amide bonds. The number of aliphatic hydroxyl groups is 1. The fraction of sp³-hybridized carbons (Fsp3) is 1.00. The van der Waals surface area contributed by atoms with Crippen LogP contribution in [0, 0.1) is 0 Å². The summed E-state index contributed by atoms with van der Waals surface area (Å²) >= 11 is 0. The third-order valence-corrected chi connectivity index (χ3v) is 1.48. The maximum atomic E-state index is 9.91. The minimum atomic E-state index is -3.08. The summed E-state index contributed by atoms with van der Waals surface area (Å²) in [6.45, 7) is 0.805. The molecule has 64 valence electrons. The van der Waals surface area contributed by atoms with E-state index in [-0.39, 0.29) is 88.7 Å². The minimum absolute atomic E-state index is 0. The monoisotopic (exact) mass is 273 g/mol. The summed E-state index contributed by atoms with van der Waals surface area (Å²) in [5.41, 5.74) is 0. The Morgan fingerprint density at radius 1 is 1.00 bits per heavy atom. The second-order valence-electron chi connectivity index (χ2n) is 1.56. The Labute approximate surface area is 149 Å². The molecule has 0 radical (unpaired) electrons. The van der Waals surface area contributed by atoms with Gasteiger partial charge in [-0.1, -0.05) is 0 Å². The van der Waals surface area contributed by atoms with Crippen molar-refractivity contribution < 1.29 is 122 Å². The standard InChI is InChI=1S/C2H4O7P2.3Na/c1-2(3,8-10(4)5)9-11(6)7;;;/h3H,1H3;;;/q;3*+1/p+2. The molecule has 2 unspecified atom stereocenters. The Morgan fingerprint density at radius 3 is 1.36 bits per heavy atom.